The van der Waals surface area contributed by atoms with Gasteiger partial charge in [-0.25, -0.2) is 0 Å². The van der Waals surface area contributed by atoms with E-state index in [1.54, 1.807) is 0 Å². The lowest BCUT2D eigenvalue weighted by atomic mass is 10.1. The Bertz CT molecular complexity index is 1270. The summed E-state index contributed by atoms with van der Waals surface area (Å²) in [6.07, 6.45) is 68.5. The largest absolute Gasteiger partial charge is 0.462 e. The second kappa shape index (κ2) is 53.2. The van der Waals surface area contributed by atoms with Crippen molar-refractivity contribution in [3.05, 3.63) is 85.1 Å². The molecule has 0 fully saturated rings. The number of allylic oxidation sites excluding steroid dienone is 14. The van der Waals surface area contributed by atoms with E-state index in [0.717, 1.165) is 109 Å². The Hall–Kier alpha value is -3.41. The maximum absolute atomic E-state index is 12.8. The molecule has 0 radical (unpaired) electrons. The molecule has 0 spiro atoms. The first kappa shape index (κ1) is 61.6. The summed E-state index contributed by atoms with van der Waals surface area (Å²) in [6.45, 7) is 6.52. The normalized spacial score (nSPS) is 12.7. The highest BCUT2D eigenvalue weighted by Gasteiger charge is 2.19. The zero-order valence-corrected chi connectivity index (χ0v) is 42.5. The fourth-order valence-electron chi connectivity index (χ4n) is 7.21. The molecule has 0 unspecified atom stereocenters. The van der Waals surface area contributed by atoms with Gasteiger partial charge >= 0.3 is 17.9 Å². The summed E-state index contributed by atoms with van der Waals surface area (Å²) < 4.78 is 16.8. The molecule has 1 atom stereocenters. The Morgan fingerprint density at radius 2 is 0.554 bits per heavy atom. The van der Waals surface area contributed by atoms with Crippen LogP contribution in [-0.4, -0.2) is 37.2 Å². The van der Waals surface area contributed by atoms with E-state index >= 15 is 0 Å². The molecule has 0 aliphatic rings. The van der Waals surface area contributed by atoms with Crippen LogP contribution in [0.3, 0.4) is 0 Å². The van der Waals surface area contributed by atoms with Gasteiger partial charge < -0.3 is 14.2 Å². The molecule has 0 bridgehead atoms. The first-order valence-electron chi connectivity index (χ1n) is 27.1. The molecule has 0 aliphatic heterocycles. The molecule has 0 aromatic heterocycles. The van der Waals surface area contributed by atoms with Crippen molar-refractivity contribution < 1.29 is 28.6 Å². The number of hydrogen-bond acceptors (Lipinski definition) is 6. The molecule has 0 aromatic rings. The number of carbonyl (C=O) groups excluding carboxylic acids is 3. The van der Waals surface area contributed by atoms with Gasteiger partial charge in [0.05, 0.1) is 0 Å². The number of esters is 3. The molecular weight excluding hydrogens is 805 g/mol. The van der Waals surface area contributed by atoms with Gasteiger partial charge in [-0.3, -0.25) is 14.4 Å². The molecular formula is C59H100O6. The third-order valence-corrected chi connectivity index (χ3v) is 11.3. The summed E-state index contributed by atoms with van der Waals surface area (Å²) in [5, 5.41) is 0. The standard InChI is InChI=1S/C59H100O6/c1-4-7-10-13-16-19-22-25-28-29-32-34-37-40-43-46-49-52-58(61)64-55-56(65-59(62)53-50-47-44-41-38-35-31-27-24-21-18-15-12-9-6-3)54-63-57(60)51-48-45-42-39-36-33-30-26-23-20-17-14-11-8-5-2/h16-17,19-20,25-28,30-32,34,36,39,56H,4-15,18,21-24,29,33,35,37-38,40-55H2,1-3H3/b19-16-,20-17-,28-25-,30-26-,31-27-,34-32-,39-36-/t56-/m0/s1. The third kappa shape index (κ3) is 51.4. The van der Waals surface area contributed by atoms with Gasteiger partial charge in [0.15, 0.2) is 6.10 Å². The van der Waals surface area contributed by atoms with Gasteiger partial charge in [-0.1, -0.05) is 196 Å². The van der Waals surface area contributed by atoms with E-state index in [-0.39, 0.29) is 31.1 Å². The van der Waals surface area contributed by atoms with Crippen molar-refractivity contribution in [1.82, 2.24) is 0 Å². The molecule has 65 heavy (non-hydrogen) atoms. The Balaban J connectivity index is 4.50. The van der Waals surface area contributed by atoms with Crippen LogP contribution in [0.1, 0.15) is 252 Å². The van der Waals surface area contributed by atoms with Crippen molar-refractivity contribution in [2.45, 2.75) is 258 Å². The van der Waals surface area contributed by atoms with E-state index in [9.17, 15) is 14.4 Å². The molecule has 0 saturated carbocycles. The fourth-order valence-corrected chi connectivity index (χ4v) is 7.21. The fraction of sp³-hybridized carbons (Fsp3) is 0.712. The van der Waals surface area contributed by atoms with Gasteiger partial charge in [0.25, 0.3) is 0 Å². The molecule has 0 heterocycles. The average molecular weight is 905 g/mol. The molecule has 0 aliphatic carbocycles. The number of ether oxygens (including phenoxy) is 3. The van der Waals surface area contributed by atoms with Crippen LogP contribution in [0.25, 0.3) is 0 Å². The van der Waals surface area contributed by atoms with Gasteiger partial charge in [0.2, 0.25) is 0 Å². The minimum atomic E-state index is -0.806. The van der Waals surface area contributed by atoms with Crippen LogP contribution in [0, 0.1) is 0 Å². The number of hydrogen-bond donors (Lipinski definition) is 0. The summed E-state index contributed by atoms with van der Waals surface area (Å²) in [5.74, 6) is -0.970. The summed E-state index contributed by atoms with van der Waals surface area (Å²) >= 11 is 0. The van der Waals surface area contributed by atoms with E-state index in [4.69, 9.17) is 14.2 Å². The van der Waals surface area contributed by atoms with E-state index < -0.39 is 6.10 Å². The Morgan fingerprint density at radius 1 is 0.308 bits per heavy atom. The van der Waals surface area contributed by atoms with Crippen molar-refractivity contribution in [3.8, 4) is 0 Å². The highest BCUT2D eigenvalue weighted by Crippen LogP contribution is 2.13. The highest BCUT2D eigenvalue weighted by molar-refractivity contribution is 5.71. The Kier molecular flexibility index (Phi) is 50.4. The Labute approximate surface area is 401 Å². The summed E-state index contributed by atoms with van der Waals surface area (Å²) in [4.78, 5) is 38.0. The summed E-state index contributed by atoms with van der Waals surface area (Å²) in [7, 11) is 0. The lowest BCUT2D eigenvalue weighted by Gasteiger charge is -2.18. The van der Waals surface area contributed by atoms with Gasteiger partial charge in [-0.05, 0) is 122 Å². The van der Waals surface area contributed by atoms with E-state index in [1.165, 1.54) is 103 Å². The molecule has 0 amide bonds. The SMILES string of the molecule is CCCCC/C=C\C/C=C\C/C=C\CCCCCCC(=O)OC[C@H](COC(=O)CCCC/C=C\C/C=C\C/C=C\CCCCC)OC(=O)CCCCCCC/C=C\CCCCCCCC. The molecule has 6 nitrogen and oxygen atoms in total. The quantitative estimate of drug-likeness (QED) is 0.0262. The minimum Gasteiger partial charge on any atom is -0.462 e. The second-order valence-corrected chi connectivity index (χ2v) is 17.8. The Morgan fingerprint density at radius 3 is 0.938 bits per heavy atom. The lowest BCUT2D eigenvalue weighted by molar-refractivity contribution is -0.167. The zero-order valence-electron chi connectivity index (χ0n) is 42.5. The molecule has 372 valence electrons. The third-order valence-electron chi connectivity index (χ3n) is 11.3. The first-order valence-corrected chi connectivity index (χ1v) is 27.1. The second-order valence-electron chi connectivity index (χ2n) is 17.8. The summed E-state index contributed by atoms with van der Waals surface area (Å²) in [6, 6.07) is 0. The zero-order chi connectivity index (χ0) is 47.2. The van der Waals surface area contributed by atoms with Crippen molar-refractivity contribution in [2.75, 3.05) is 13.2 Å². The van der Waals surface area contributed by atoms with Gasteiger partial charge in [-0.15, -0.1) is 0 Å². The van der Waals surface area contributed by atoms with Crippen LogP contribution >= 0.6 is 0 Å². The minimum absolute atomic E-state index is 0.104. The summed E-state index contributed by atoms with van der Waals surface area (Å²) in [5.41, 5.74) is 0. The highest BCUT2D eigenvalue weighted by atomic mass is 16.6. The average Bonchev–Trinajstić information content (AvgIpc) is 3.30. The van der Waals surface area contributed by atoms with Crippen molar-refractivity contribution >= 4 is 17.9 Å². The maximum Gasteiger partial charge on any atom is 0.306 e. The maximum atomic E-state index is 12.8. The van der Waals surface area contributed by atoms with Crippen LogP contribution in [0.5, 0.6) is 0 Å². The lowest BCUT2D eigenvalue weighted by Crippen LogP contribution is -2.30. The van der Waals surface area contributed by atoms with Crippen LogP contribution in [0.2, 0.25) is 0 Å². The van der Waals surface area contributed by atoms with E-state index in [1.807, 2.05) is 0 Å². The van der Waals surface area contributed by atoms with Crippen LogP contribution < -0.4 is 0 Å². The first-order chi connectivity index (χ1) is 32.0. The van der Waals surface area contributed by atoms with E-state index in [2.05, 4.69) is 106 Å². The van der Waals surface area contributed by atoms with Crippen molar-refractivity contribution in [3.63, 3.8) is 0 Å². The van der Waals surface area contributed by atoms with Gasteiger partial charge in [-0.2, -0.15) is 0 Å². The van der Waals surface area contributed by atoms with Gasteiger partial charge in [0.1, 0.15) is 13.2 Å². The van der Waals surface area contributed by atoms with E-state index in [0.29, 0.717) is 19.3 Å². The predicted octanol–water partition coefficient (Wildman–Crippen LogP) is 18.0. The molecule has 6 heteroatoms. The number of carbonyl (C=O) groups is 3. The molecule has 0 aromatic carbocycles. The molecule has 0 rings (SSSR count). The van der Waals surface area contributed by atoms with Crippen LogP contribution in [0.15, 0.2) is 85.1 Å². The number of rotatable bonds is 48. The predicted molar refractivity (Wildman–Crippen MR) is 279 cm³/mol. The number of unbranched alkanes of at least 4 members (excludes halogenated alkanes) is 23. The monoisotopic (exact) mass is 905 g/mol. The molecule has 0 N–H and O–H groups in total. The van der Waals surface area contributed by atoms with Crippen LogP contribution in [-0.2, 0) is 28.6 Å². The molecule has 0 saturated heterocycles. The van der Waals surface area contributed by atoms with Crippen molar-refractivity contribution in [2.24, 2.45) is 0 Å². The smallest absolute Gasteiger partial charge is 0.306 e. The topological polar surface area (TPSA) is 78.9 Å². The van der Waals surface area contributed by atoms with Crippen LogP contribution in [0.4, 0.5) is 0 Å². The van der Waals surface area contributed by atoms with Gasteiger partial charge in [0, 0.05) is 19.3 Å². The van der Waals surface area contributed by atoms with Crippen molar-refractivity contribution in [1.29, 1.82) is 0 Å².